The highest BCUT2D eigenvalue weighted by atomic mass is 127. The maximum Gasteiger partial charge on any atom is 0.293 e. The number of nitrogens with one attached hydrogen (secondary N) is 1. The molecule has 0 aliphatic heterocycles. The lowest BCUT2D eigenvalue weighted by molar-refractivity contribution is -0.384. The molecule has 1 aromatic carbocycles. The van der Waals surface area contributed by atoms with Crippen LogP contribution in [-0.4, -0.2) is 21.2 Å². The third kappa shape index (κ3) is 3.53. The topological polar surface area (TPSA) is 75.4 Å². The first-order valence-electron chi connectivity index (χ1n) is 5.60. The predicted molar refractivity (Wildman–Crippen MR) is 79.8 cm³/mol. The molecule has 0 unspecified atom stereocenters. The van der Waals surface area contributed by atoms with E-state index >= 15 is 0 Å². The van der Waals surface area contributed by atoms with Crippen molar-refractivity contribution in [2.24, 2.45) is 0 Å². The SMILES string of the molecule is CC(C)(O)C(C)(C)Nc1cc(F)c(I)cc1[N+](=O)[O-]. The average molecular weight is 382 g/mol. The number of anilines is 1. The molecule has 5 nitrogen and oxygen atoms in total. The van der Waals surface area contributed by atoms with Crippen molar-refractivity contribution in [1.82, 2.24) is 0 Å². The van der Waals surface area contributed by atoms with Gasteiger partial charge < -0.3 is 10.4 Å². The Hall–Kier alpha value is -0.960. The summed E-state index contributed by atoms with van der Waals surface area (Å²) in [6, 6.07) is 2.24. The molecule has 1 rings (SSSR count). The summed E-state index contributed by atoms with van der Waals surface area (Å²) in [5, 5.41) is 23.9. The van der Waals surface area contributed by atoms with Gasteiger partial charge in [-0.2, -0.15) is 0 Å². The van der Waals surface area contributed by atoms with Gasteiger partial charge >= 0.3 is 0 Å². The minimum atomic E-state index is -1.14. The van der Waals surface area contributed by atoms with Gasteiger partial charge in [0, 0.05) is 12.1 Å². The molecule has 0 aliphatic carbocycles. The van der Waals surface area contributed by atoms with Gasteiger partial charge in [-0.3, -0.25) is 10.1 Å². The number of nitro benzene ring substituents is 1. The molecular weight excluding hydrogens is 366 g/mol. The van der Waals surface area contributed by atoms with E-state index in [1.54, 1.807) is 50.3 Å². The fourth-order valence-electron chi connectivity index (χ4n) is 1.28. The summed E-state index contributed by atoms with van der Waals surface area (Å²) in [5.74, 6) is -0.541. The van der Waals surface area contributed by atoms with Crippen molar-refractivity contribution in [3.8, 4) is 0 Å². The summed E-state index contributed by atoms with van der Waals surface area (Å²) < 4.78 is 13.7. The molecule has 2 N–H and O–H groups in total. The smallest absolute Gasteiger partial charge is 0.293 e. The van der Waals surface area contributed by atoms with E-state index in [9.17, 15) is 19.6 Å². The van der Waals surface area contributed by atoms with Crippen molar-refractivity contribution < 1.29 is 14.4 Å². The second-order valence-corrected chi connectivity index (χ2v) is 6.51. The highest BCUT2D eigenvalue weighted by Crippen LogP contribution is 2.33. The average Bonchev–Trinajstić information content (AvgIpc) is 2.20. The van der Waals surface area contributed by atoms with Gasteiger partial charge in [0.25, 0.3) is 5.69 Å². The Labute approximate surface area is 124 Å². The Morgan fingerprint density at radius 2 is 1.89 bits per heavy atom. The molecule has 0 radical (unpaired) electrons. The molecule has 0 fully saturated rings. The minimum absolute atomic E-state index is 0.0510. The van der Waals surface area contributed by atoms with Gasteiger partial charge in [-0.15, -0.1) is 0 Å². The highest BCUT2D eigenvalue weighted by Gasteiger charge is 2.36. The molecule has 19 heavy (non-hydrogen) atoms. The first-order valence-corrected chi connectivity index (χ1v) is 6.67. The number of rotatable bonds is 4. The van der Waals surface area contributed by atoms with Gasteiger partial charge in [-0.05, 0) is 50.3 Å². The van der Waals surface area contributed by atoms with Crippen LogP contribution in [0.4, 0.5) is 15.8 Å². The van der Waals surface area contributed by atoms with E-state index in [0.29, 0.717) is 0 Å². The molecular formula is C12H16FIN2O3. The van der Waals surface area contributed by atoms with Crippen molar-refractivity contribution in [3.63, 3.8) is 0 Å². The second-order valence-electron chi connectivity index (χ2n) is 5.35. The van der Waals surface area contributed by atoms with Crippen LogP contribution in [0.5, 0.6) is 0 Å². The molecule has 0 amide bonds. The molecule has 0 saturated carbocycles. The Morgan fingerprint density at radius 3 is 2.32 bits per heavy atom. The van der Waals surface area contributed by atoms with Crippen molar-refractivity contribution in [2.45, 2.75) is 38.8 Å². The van der Waals surface area contributed by atoms with E-state index in [-0.39, 0.29) is 14.9 Å². The largest absolute Gasteiger partial charge is 0.388 e. The van der Waals surface area contributed by atoms with Gasteiger partial charge in [0.1, 0.15) is 11.5 Å². The number of hydrogen-bond acceptors (Lipinski definition) is 4. The summed E-state index contributed by atoms with van der Waals surface area (Å²) in [4.78, 5) is 10.4. The zero-order valence-electron chi connectivity index (χ0n) is 11.1. The molecule has 106 valence electrons. The first kappa shape index (κ1) is 16.1. The lowest BCUT2D eigenvalue weighted by atomic mass is 9.85. The van der Waals surface area contributed by atoms with Crippen LogP contribution < -0.4 is 5.32 Å². The first-order chi connectivity index (χ1) is 8.45. The van der Waals surface area contributed by atoms with Crippen molar-refractivity contribution in [1.29, 1.82) is 0 Å². The zero-order valence-corrected chi connectivity index (χ0v) is 13.3. The van der Waals surface area contributed by atoms with E-state index < -0.39 is 21.9 Å². The quantitative estimate of drug-likeness (QED) is 0.476. The van der Waals surface area contributed by atoms with E-state index in [4.69, 9.17) is 0 Å². The van der Waals surface area contributed by atoms with Crippen LogP contribution in [0.15, 0.2) is 12.1 Å². The number of nitrogens with zero attached hydrogens (tertiary/aromatic N) is 1. The van der Waals surface area contributed by atoms with E-state index in [1.807, 2.05) is 0 Å². The normalized spacial score (nSPS) is 12.4. The van der Waals surface area contributed by atoms with Crippen LogP contribution >= 0.6 is 22.6 Å². The summed E-state index contributed by atoms with van der Waals surface area (Å²) in [6.45, 7) is 6.53. The maximum absolute atomic E-state index is 13.6. The standard InChI is InChI=1S/C12H16FIN2O3/c1-11(2,12(3,4)17)15-9-5-7(13)8(14)6-10(9)16(18)19/h5-6,15,17H,1-4H3. The molecule has 1 aromatic rings. The summed E-state index contributed by atoms with van der Waals surface area (Å²) in [7, 11) is 0. The molecule has 0 spiro atoms. The lowest BCUT2D eigenvalue weighted by Crippen LogP contribution is -2.51. The number of halogens is 2. The maximum atomic E-state index is 13.6. The number of nitro groups is 1. The lowest BCUT2D eigenvalue weighted by Gasteiger charge is -2.38. The number of aliphatic hydroxyl groups is 1. The van der Waals surface area contributed by atoms with Crippen molar-refractivity contribution in [3.05, 3.63) is 31.6 Å². The number of benzene rings is 1. The Bertz CT molecular complexity index is 512. The van der Waals surface area contributed by atoms with Gasteiger partial charge in [0.05, 0.1) is 19.6 Å². The molecule has 0 bridgehead atoms. The molecule has 0 saturated heterocycles. The highest BCUT2D eigenvalue weighted by molar-refractivity contribution is 14.1. The van der Waals surface area contributed by atoms with Crippen LogP contribution in [0, 0.1) is 19.5 Å². The Kier molecular flexibility index (Phi) is 4.40. The van der Waals surface area contributed by atoms with Crippen molar-refractivity contribution >= 4 is 34.0 Å². The van der Waals surface area contributed by atoms with Gasteiger partial charge in [0.2, 0.25) is 0 Å². The van der Waals surface area contributed by atoms with Gasteiger partial charge in [-0.1, -0.05) is 0 Å². The summed E-state index contributed by atoms with van der Waals surface area (Å²) in [5.41, 5.74) is -2.17. The third-order valence-electron chi connectivity index (χ3n) is 3.21. The monoisotopic (exact) mass is 382 g/mol. The molecule has 7 heteroatoms. The minimum Gasteiger partial charge on any atom is -0.388 e. The van der Waals surface area contributed by atoms with Crippen molar-refractivity contribution in [2.75, 3.05) is 5.32 Å². The Morgan fingerprint density at radius 1 is 1.37 bits per heavy atom. The van der Waals surface area contributed by atoms with Gasteiger partial charge in [0.15, 0.2) is 0 Å². The molecule has 0 aliphatic rings. The molecule has 0 atom stereocenters. The van der Waals surface area contributed by atoms with E-state index in [2.05, 4.69) is 5.32 Å². The van der Waals surface area contributed by atoms with Crippen LogP contribution in [0.2, 0.25) is 0 Å². The van der Waals surface area contributed by atoms with E-state index in [0.717, 1.165) is 6.07 Å². The van der Waals surface area contributed by atoms with Crippen LogP contribution in [0.1, 0.15) is 27.7 Å². The van der Waals surface area contributed by atoms with Gasteiger partial charge in [-0.25, -0.2) is 4.39 Å². The third-order valence-corrected chi connectivity index (χ3v) is 4.04. The molecule has 0 heterocycles. The van der Waals surface area contributed by atoms with Crippen LogP contribution in [-0.2, 0) is 0 Å². The Balaban J connectivity index is 3.28. The zero-order chi connectivity index (χ0) is 15.0. The molecule has 0 aromatic heterocycles. The number of hydrogen-bond donors (Lipinski definition) is 2. The fourth-order valence-corrected chi connectivity index (χ4v) is 1.73. The van der Waals surface area contributed by atoms with Crippen LogP contribution in [0.25, 0.3) is 0 Å². The van der Waals surface area contributed by atoms with E-state index in [1.165, 1.54) is 6.07 Å². The second kappa shape index (κ2) is 5.20. The predicted octanol–water partition coefficient (Wildman–Crippen LogP) is 3.30. The fraction of sp³-hybridized carbons (Fsp3) is 0.500. The summed E-state index contributed by atoms with van der Waals surface area (Å²) >= 11 is 1.70. The summed E-state index contributed by atoms with van der Waals surface area (Å²) in [6.07, 6.45) is 0. The van der Waals surface area contributed by atoms with Crippen LogP contribution in [0.3, 0.4) is 0 Å².